The number of aromatic nitrogens is 1. The molecule has 6 heteroatoms. The molecule has 1 atom stereocenters. The van der Waals surface area contributed by atoms with E-state index in [-0.39, 0.29) is 11.8 Å². The number of aromatic amines is 1. The van der Waals surface area contributed by atoms with E-state index < -0.39 is 0 Å². The van der Waals surface area contributed by atoms with Crippen LogP contribution >= 0.6 is 23.3 Å². The summed E-state index contributed by atoms with van der Waals surface area (Å²) < 4.78 is 3.24. The Morgan fingerprint density at radius 3 is 2.70 bits per heavy atom. The molecule has 0 saturated carbocycles. The van der Waals surface area contributed by atoms with Crippen molar-refractivity contribution in [2.24, 2.45) is 0 Å². The van der Waals surface area contributed by atoms with Gasteiger partial charge in [0.1, 0.15) is 0 Å². The zero-order chi connectivity index (χ0) is 20.8. The fourth-order valence-corrected chi connectivity index (χ4v) is 4.80. The molecule has 0 spiro atoms. The maximum absolute atomic E-state index is 12.8. The van der Waals surface area contributed by atoms with Crippen LogP contribution in [0, 0.1) is 0 Å². The van der Waals surface area contributed by atoms with Crippen molar-refractivity contribution < 1.29 is 4.79 Å². The van der Waals surface area contributed by atoms with E-state index in [4.69, 9.17) is 0 Å². The first kappa shape index (κ1) is 20.7. The molecule has 2 heterocycles. The Balaban J connectivity index is 1.47. The van der Waals surface area contributed by atoms with Gasteiger partial charge in [0.05, 0.1) is 0 Å². The van der Waals surface area contributed by atoms with E-state index in [0.717, 1.165) is 18.5 Å². The second-order valence-corrected chi connectivity index (χ2v) is 8.79. The van der Waals surface area contributed by atoms with E-state index in [1.54, 1.807) is 23.3 Å². The Bertz CT molecular complexity index is 1090. The van der Waals surface area contributed by atoms with Crippen LogP contribution in [0.15, 0.2) is 72.2 Å². The van der Waals surface area contributed by atoms with Crippen molar-refractivity contribution in [1.82, 2.24) is 15.0 Å². The molecule has 0 fully saturated rings. The van der Waals surface area contributed by atoms with Crippen LogP contribution < -0.4 is 10.0 Å². The largest absolute Gasteiger partial charge is 0.361 e. The number of hydrogen-bond donors (Lipinski definition) is 3. The summed E-state index contributed by atoms with van der Waals surface area (Å²) in [7, 11) is 0. The van der Waals surface area contributed by atoms with E-state index in [0.29, 0.717) is 12.1 Å². The van der Waals surface area contributed by atoms with Gasteiger partial charge >= 0.3 is 0 Å². The molecule has 30 heavy (non-hydrogen) atoms. The number of carbonyl (C=O) groups is 1. The van der Waals surface area contributed by atoms with Crippen LogP contribution in [0.2, 0.25) is 0 Å². The van der Waals surface area contributed by atoms with Crippen LogP contribution in [-0.4, -0.2) is 30.2 Å². The first-order chi connectivity index (χ1) is 14.8. The minimum absolute atomic E-state index is 0.0369. The molecule has 4 aromatic rings. The van der Waals surface area contributed by atoms with Gasteiger partial charge in [-0.15, -0.1) is 11.3 Å². The third-order valence-corrected chi connectivity index (χ3v) is 6.71. The number of nitrogens with one attached hydrogen (secondary N) is 3. The number of benzene rings is 2. The highest BCUT2D eigenvalue weighted by Gasteiger charge is 2.20. The van der Waals surface area contributed by atoms with Crippen molar-refractivity contribution in [3.8, 4) is 0 Å². The molecular formula is C24H25N3OS2. The summed E-state index contributed by atoms with van der Waals surface area (Å²) in [5.74, 6) is 0.0761. The van der Waals surface area contributed by atoms with Gasteiger partial charge in [-0.1, -0.05) is 48.3 Å². The molecular weight excluding hydrogens is 410 g/mol. The lowest BCUT2D eigenvalue weighted by Crippen LogP contribution is -2.28. The van der Waals surface area contributed by atoms with E-state index in [9.17, 15) is 4.79 Å². The zero-order valence-corrected chi connectivity index (χ0v) is 18.5. The Kier molecular flexibility index (Phi) is 6.89. The molecule has 3 N–H and O–H groups in total. The van der Waals surface area contributed by atoms with Crippen molar-refractivity contribution >= 4 is 40.1 Å². The Morgan fingerprint density at radius 2 is 1.93 bits per heavy atom. The molecule has 1 unspecified atom stereocenters. The monoisotopic (exact) mass is 435 g/mol. The lowest BCUT2D eigenvalue weighted by atomic mass is 9.96. The van der Waals surface area contributed by atoms with E-state index in [1.807, 2.05) is 36.6 Å². The fourth-order valence-electron chi connectivity index (χ4n) is 3.65. The van der Waals surface area contributed by atoms with Gasteiger partial charge < -0.3 is 10.3 Å². The minimum Gasteiger partial charge on any atom is -0.361 e. The molecule has 0 radical (unpaired) electrons. The highest BCUT2D eigenvalue weighted by molar-refractivity contribution is 7.96. The third-order valence-electron chi connectivity index (χ3n) is 5.23. The zero-order valence-electron chi connectivity index (χ0n) is 16.9. The first-order valence-electron chi connectivity index (χ1n) is 9.98. The van der Waals surface area contributed by atoms with Crippen LogP contribution in [0.4, 0.5) is 0 Å². The van der Waals surface area contributed by atoms with E-state index in [1.165, 1.54) is 21.4 Å². The summed E-state index contributed by atoms with van der Waals surface area (Å²) >= 11 is 3.34. The number of H-pyrrole nitrogens is 1. The van der Waals surface area contributed by atoms with E-state index in [2.05, 4.69) is 56.9 Å². The molecule has 0 bridgehead atoms. The normalized spacial score (nSPS) is 12.2. The van der Waals surface area contributed by atoms with Crippen LogP contribution in [0.5, 0.6) is 0 Å². The molecule has 0 saturated heterocycles. The molecule has 0 aliphatic rings. The molecule has 2 aromatic heterocycles. The molecule has 0 aliphatic heterocycles. The number of thiophene rings is 1. The smallest absolute Gasteiger partial charge is 0.251 e. The highest BCUT2D eigenvalue weighted by Crippen LogP contribution is 2.32. The van der Waals surface area contributed by atoms with Crippen LogP contribution in [-0.2, 0) is 6.42 Å². The fraction of sp³-hybridized carbons (Fsp3) is 0.208. The lowest BCUT2D eigenvalue weighted by molar-refractivity contribution is 0.0952. The second-order valence-electron chi connectivity index (χ2n) is 7.11. The number of fused-ring (bicyclic) bond motifs is 1. The maximum atomic E-state index is 12.8. The van der Waals surface area contributed by atoms with Gasteiger partial charge in [0.25, 0.3) is 5.91 Å². The van der Waals surface area contributed by atoms with Gasteiger partial charge in [-0.3, -0.25) is 9.52 Å². The van der Waals surface area contributed by atoms with Crippen molar-refractivity contribution in [3.63, 3.8) is 0 Å². The van der Waals surface area contributed by atoms with Crippen molar-refractivity contribution in [1.29, 1.82) is 0 Å². The van der Waals surface area contributed by atoms with Gasteiger partial charge in [0.2, 0.25) is 0 Å². The summed E-state index contributed by atoms with van der Waals surface area (Å²) in [5, 5.41) is 6.44. The third kappa shape index (κ3) is 4.78. The van der Waals surface area contributed by atoms with Gasteiger partial charge in [-0.2, -0.15) is 0 Å². The SMILES string of the molecule is CSNCCc1ccc(C(=O)NCC(c2cccs2)c2c[nH]c3ccccc23)cc1. The lowest BCUT2D eigenvalue weighted by Gasteiger charge is -2.16. The molecule has 4 rings (SSSR count). The molecule has 0 aliphatic carbocycles. The van der Waals surface area contributed by atoms with E-state index >= 15 is 0 Å². The van der Waals surface area contributed by atoms with Crippen molar-refractivity contribution in [3.05, 3.63) is 93.8 Å². The predicted molar refractivity (Wildman–Crippen MR) is 128 cm³/mol. The number of rotatable bonds is 9. The Morgan fingerprint density at radius 1 is 1.10 bits per heavy atom. The Hall–Kier alpha value is -2.54. The Labute approximate surface area is 185 Å². The summed E-state index contributed by atoms with van der Waals surface area (Å²) in [5.41, 5.74) is 4.25. The van der Waals surface area contributed by atoms with Crippen molar-refractivity contribution in [2.75, 3.05) is 19.3 Å². The summed E-state index contributed by atoms with van der Waals surface area (Å²) in [6.07, 6.45) is 5.04. The highest BCUT2D eigenvalue weighted by atomic mass is 32.2. The molecule has 1 amide bonds. The maximum Gasteiger partial charge on any atom is 0.251 e. The minimum atomic E-state index is -0.0369. The number of hydrogen-bond acceptors (Lipinski definition) is 4. The van der Waals surface area contributed by atoms with Crippen LogP contribution in [0.1, 0.15) is 32.3 Å². The predicted octanol–water partition coefficient (Wildman–Crippen LogP) is 5.20. The summed E-state index contributed by atoms with van der Waals surface area (Å²) in [6.45, 7) is 1.47. The molecule has 2 aromatic carbocycles. The number of amides is 1. The van der Waals surface area contributed by atoms with Crippen LogP contribution in [0.25, 0.3) is 10.9 Å². The number of carbonyl (C=O) groups excluding carboxylic acids is 1. The van der Waals surface area contributed by atoms with Crippen molar-refractivity contribution in [2.45, 2.75) is 12.3 Å². The quantitative estimate of drug-likeness (QED) is 0.250. The van der Waals surface area contributed by atoms with Gasteiger partial charge in [0, 0.05) is 46.5 Å². The second kappa shape index (κ2) is 9.98. The van der Waals surface area contributed by atoms with Gasteiger partial charge in [-0.05, 0) is 53.4 Å². The standard InChI is InChI=1S/C24H25N3OS2/c1-29-27-13-12-17-8-10-18(11-9-17)24(28)26-16-21(23-7-4-14-30-23)20-15-25-22-6-3-2-5-19(20)22/h2-11,14-15,21,25,27H,12-13,16H2,1H3,(H,26,28). The number of para-hydroxylation sites is 1. The average molecular weight is 436 g/mol. The first-order valence-corrected chi connectivity index (χ1v) is 12.1. The van der Waals surface area contributed by atoms with Gasteiger partial charge in [0.15, 0.2) is 0 Å². The average Bonchev–Trinajstić information content (AvgIpc) is 3.45. The van der Waals surface area contributed by atoms with Gasteiger partial charge in [-0.25, -0.2) is 0 Å². The summed E-state index contributed by atoms with van der Waals surface area (Å²) in [6, 6.07) is 20.4. The molecule has 4 nitrogen and oxygen atoms in total. The topological polar surface area (TPSA) is 56.9 Å². The summed E-state index contributed by atoms with van der Waals surface area (Å²) in [4.78, 5) is 17.4. The molecule has 154 valence electrons. The van der Waals surface area contributed by atoms with Crippen LogP contribution in [0.3, 0.4) is 0 Å².